The van der Waals surface area contributed by atoms with Gasteiger partial charge in [-0.15, -0.1) is 0 Å². The molecule has 6 nitrogen and oxygen atoms in total. The molecule has 0 aromatic carbocycles. The minimum atomic E-state index is -2.49. The van der Waals surface area contributed by atoms with Gasteiger partial charge in [0.25, 0.3) is 12.3 Å². The van der Waals surface area contributed by atoms with Crippen LogP contribution in [0.3, 0.4) is 0 Å². The third-order valence-corrected chi connectivity index (χ3v) is 5.41. The molecule has 1 aromatic heterocycles. The third kappa shape index (κ3) is 2.66. The number of rotatable bonds is 4. The van der Waals surface area contributed by atoms with E-state index in [4.69, 9.17) is 4.74 Å². The normalized spacial score (nSPS) is 29.7. The quantitative estimate of drug-likeness (QED) is 0.912. The Morgan fingerprint density at radius 2 is 2.21 bits per heavy atom. The number of ether oxygens (including phenoxy) is 1. The van der Waals surface area contributed by atoms with E-state index in [1.165, 1.54) is 10.9 Å². The Hall–Kier alpha value is -1.70. The maximum atomic E-state index is 13.5. The number of fused-ring (bicyclic) bond motifs is 1. The highest BCUT2D eigenvalue weighted by Gasteiger charge is 2.42. The molecule has 1 aromatic rings. The van der Waals surface area contributed by atoms with Crippen molar-refractivity contribution >= 4 is 11.7 Å². The predicted octanol–water partition coefficient (Wildman–Crippen LogP) is 2.14. The first kappa shape index (κ1) is 15.8. The molecule has 132 valence electrons. The summed E-state index contributed by atoms with van der Waals surface area (Å²) in [5.74, 6) is 0.726. The van der Waals surface area contributed by atoms with Crippen LogP contribution >= 0.6 is 0 Å². The van der Waals surface area contributed by atoms with Crippen molar-refractivity contribution in [3.63, 3.8) is 0 Å². The highest BCUT2D eigenvalue weighted by atomic mass is 19.3. The van der Waals surface area contributed by atoms with Gasteiger partial charge in [0.1, 0.15) is 17.4 Å². The Balaban J connectivity index is 1.60. The van der Waals surface area contributed by atoms with E-state index >= 15 is 0 Å². The largest absolute Gasteiger partial charge is 0.380 e. The molecule has 1 N–H and O–H groups in total. The van der Waals surface area contributed by atoms with E-state index in [0.29, 0.717) is 36.8 Å². The number of alkyl halides is 2. The maximum Gasteiger partial charge on any atom is 0.260 e. The molecular formula is C16H22F2N4O2. The molecule has 0 bridgehead atoms. The summed E-state index contributed by atoms with van der Waals surface area (Å²) in [6.07, 6.45) is 2.26. The van der Waals surface area contributed by atoms with Crippen molar-refractivity contribution in [3.05, 3.63) is 11.8 Å². The molecule has 0 unspecified atom stereocenters. The minimum absolute atomic E-state index is 0.00468. The maximum absolute atomic E-state index is 13.5. The van der Waals surface area contributed by atoms with Crippen LogP contribution in [0.15, 0.2) is 6.20 Å². The lowest BCUT2D eigenvalue weighted by molar-refractivity contribution is 0.0639. The van der Waals surface area contributed by atoms with Gasteiger partial charge in [-0.2, -0.15) is 5.10 Å². The van der Waals surface area contributed by atoms with Gasteiger partial charge in [-0.25, -0.2) is 13.5 Å². The van der Waals surface area contributed by atoms with Gasteiger partial charge in [-0.05, 0) is 31.6 Å². The molecule has 24 heavy (non-hydrogen) atoms. The molecule has 1 saturated heterocycles. The van der Waals surface area contributed by atoms with E-state index in [1.54, 1.807) is 12.0 Å². The average molecular weight is 340 g/mol. The Bertz CT molecular complexity index is 632. The van der Waals surface area contributed by atoms with Crippen LogP contribution in [0.2, 0.25) is 0 Å². The van der Waals surface area contributed by atoms with Gasteiger partial charge in [-0.3, -0.25) is 4.79 Å². The number of anilines is 1. The first-order valence-corrected chi connectivity index (χ1v) is 8.52. The van der Waals surface area contributed by atoms with E-state index < -0.39 is 12.5 Å². The van der Waals surface area contributed by atoms with Crippen LogP contribution in [-0.2, 0) is 4.74 Å². The molecule has 1 saturated carbocycles. The van der Waals surface area contributed by atoms with Crippen LogP contribution in [0.5, 0.6) is 0 Å². The second-order valence-electron chi connectivity index (χ2n) is 6.97. The van der Waals surface area contributed by atoms with Crippen molar-refractivity contribution < 1.29 is 18.3 Å². The number of nitrogens with one attached hydrogen (secondary N) is 1. The highest BCUT2D eigenvalue weighted by Crippen LogP contribution is 2.43. The third-order valence-electron chi connectivity index (χ3n) is 5.41. The summed E-state index contributed by atoms with van der Waals surface area (Å²) < 4.78 is 33.5. The number of likely N-dealkylation sites (tertiary alicyclic amines) is 1. The summed E-state index contributed by atoms with van der Waals surface area (Å²) in [5.41, 5.74) is 0.391. The van der Waals surface area contributed by atoms with Gasteiger partial charge >= 0.3 is 0 Å². The zero-order chi connectivity index (χ0) is 16.8. The molecule has 0 radical (unpaired) electrons. The number of hydrogen-bond donors (Lipinski definition) is 1. The molecule has 3 atom stereocenters. The monoisotopic (exact) mass is 340 g/mol. The van der Waals surface area contributed by atoms with E-state index in [1.807, 2.05) is 0 Å². The molecule has 3 heterocycles. The van der Waals surface area contributed by atoms with E-state index in [-0.39, 0.29) is 18.1 Å². The van der Waals surface area contributed by atoms with Gasteiger partial charge in [0.2, 0.25) is 0 Å². The molecule has 1 amide bonds. The first-order chi connectivity index (χ1) is 11.6. The average Bonchev–Trinajstić information content (AvgIpc) is 3.17. The summed E-state index contributed by atoms with van der Waals surface area (Å²) in [6, 6.07) is -0.955. The molecule has 8 heteroatoms. The van der Waals surface area contributed by atoms with Crippen molar-refractivity contribution in [2.45, 2.75) is 50.3 Å². The summed E-state index contributed by atoms with van der Waals surface area (Å²) in [7, 11) is 1.63. The number of halogens is 2. The number of methoxy groups -OCH3 is 1. The van der Waals surface area contributed by atoms with Crippen LogP contribution in [-0.4, -0.2) is 59.4 Å². The van der Waals surface area contributed by atoms with Gasteiger partial charge in [-0.1, -0.05) is 0 Å². The van der Waals surface area contributed by atoms with Crippen molar-refractivity contribution in [1.29, 1.82) is 0 Å². The molecular weight excluding hydrogens is 318 g/mol. The van der Waals surface area contributed by atoms with Crippen LogP contribution in [0.4, 0.5) is 14.6 Å². The second kappa shape index (κ2) is 5.98. The number of hydrogen-bond acceptors (Lipinski definition) is 4. The van der Waals surface area contributed by atoms with Crippen molar-refractivity contribution in [2.24, 2.45) is 5.92 Å². The Labute approximate surface area is 139 Å². The van der Waals surface area contributed by atoms with E-state index in [9.17, 15) is 13.6 Å². The summed E-state index contributed by atoms with van der Waals surface area (Å²) in [6.45, 7) is 1.15. The number of aromatic nitrogens is 2. The van der Waals surface area contributed by atoms with Gasteiger partial charge in [0, 0.05) is 26.2 Å². The number of nitrogens with zero attached hydrogens (tertiary/aromatic N) is 3. The summed E-state index contributed by atoms with van der Waals surface area (Å²) in [5, 5.41) is 7.41. The number of amides is 1. The van der Waals surface area contributed by atoms with Crippen molar-refractivity contribution in [3.8, 4) is 0 Å². The Kier molecular flexibility index (Phi) is 3.94. The van der Waals surface area contributed by atoms with Crippen molar-refractivity contribution in [2.75, 3.05) is 25.5 Å². The lowest BCUT2D eigenvalue weighted by Gasteiger charge is -2.32. The lowest BCUT2D eigenvalue weighted by Crippen LogP contribution is -2.38. The molecule has 2 fully saturated rings. The minimum Gasteiger partial charge on any atom is -0.380 e. The van der Waals surface area contributed by atoms with Crippen molar-refractivity contribution in [1.82, 2.24) is 14.7 Å². The van der Waals surface area contributed by atoms with Gasteiger partial charge in [0.15, 0.2) is 0 Å². The van der Waals surface area contributed by atoms with E-state index in [2.05, 4.69) is 10.4 Å². The number of carbonyl (C=O) groups excluding carboxylic acids is 1. The Morgan fingerprint density at radius 1 is 1.42 bits per heavy atom. The smallest absolute Gasteiger partial charge is 0.260 e. The lowest BCUT2D eigenvalue weighted by atomic mass is 10.00. The summed E-state index contributed by atoms with van der Waals surface area (Å²) >= 11 is 0. The fourth-order valence-electron chi connectivity index (χ4n) is 3.80. The molecule has 3 aliphatic rings. The first-order valence-electron chi connectivity index (χ1n) is 8.52. The number of carbonyl (C=O) groups is 1. The van der Waals surface area contributed by atoms with Gasteiger partial charge < -0.3 is 15.0 Å². The van der Waals surface area contributed by atoms with Gasteiger partial charge in [0.05, 0.1) is 12.3 Å². The Morgan fingerprint density at radius 3 is 2.83 bits per heavy atom. The molecule has 0 spiro atoms. The second-order valence-corrected chi connectivity index (χ2v) is 6.97. The predicted molar refractivity (Wildman–Crippen MR) is 83.3 cm³/mol. The molecule has 1 aliphatic carbocycles. The van der Waals surface area contributed by atoms with Crippen LogP contribution in [0.25, 0.3) is 0 Å². The van der Waals surface area contributed by atoms with Crippen LogP contribution in [0, 0.1) is 5.92 Å². The topological polar surface area (TPSA) is 59.4 Å². The SMILES string of the molecule is CO[C@@H]1CCN(C(=O)c2cnn3c2N[C@@H](C2CC2)C[C@H]3C(F)F)C1. The zero-order valence-corrected chi connectivity index (χ0v) is 13.6. The highest BCUT2D eigenvalue weighted by molar-refractivity contribution is 5.99. The molecule has 2 aliphatic heterocycles. The summed E-state index contributed by atoms with van der Waals surface area (Å²) in [4.78, 5) is 14.5. The molecule has 4 rings (SSSR count). The standard InChI is InChI=1S/C16H22F2N4O2/c1-24-10-4-5-21(8-10)16(23)11-7-19-22-13(14(17)18)6-12(9-2-3-9)20-15(11)22/h7,9-10,12-14,20H,2-6,8H2,1H3/t10-,12-,13+/m1/s1. The van der Waals surface area contributed by atoms with E-state index in [0.717, 1.165) is 19.3 Å². The fraction of sp³-hybridized carbons (Fsp3) is 0.750. The fourth-order valence-corrected chi connectivity index (χ4v) is 3.80. The zero-order valence-electron chi connectivity index (χ0n) is 13.6. The van der Waals surface area contributed by atoms with Crippen LogP contribution < -0.4 is 5.32 Å². The van der Waals surface area contributed by atoms with Crippen LogP contribution in [0.1, 0.15) is 42.1 Å².